The van der Waals surface area contributed by atoms with E-state index in [1.807, 2.05) is 11.0 Å². The first-order chi connectivity index (χ1) is 17.0. The molecule has 0 aliphatic carbocycles. The third kappa shape index (κ3) is 5.11. The average Bonchev–Trinajstić information content (AvgIpc) is 3.23. The van der Waals surface area contributed by atoms with Gasteiger partial charge in [0, 0.05) is 30.3 Å². The van der Waals surface area contributed by atoms with Crippen LogP contribution in [-0.2, 0) is 9.53 Å². The van der Waals surface area contributed by atoms with E-state index < -0.39 is 18.0 Å². The van der Waals surface area contributed by atoms with Crippen molar-refractivity contribution >= 4 is 23.3 Å². The zero-order valence-electron chi connectivity index (χ0n) is 19.4. The van der Waals surface area contributed by atoms with Gasteiger partial charge in [0.05, 0.1) is 24.8 Å². The molecule has 2 aromatic rings. The molecular weight excluding hydrogens is 453 g/mol. The number of para-hydroxylation sites is 1. The maximum Gasteiger partial charge on any atom is 0.323 e. The number of urea groups is 1. The van der Waals surface area contributed by atoms with Crippen LogP contribution in [0.4, 0.5) is 20.6 Å². The number of nitrogens with zero attached hydrogens (tertiary/aromatic N) is 1. The normalized spacial score (nSPS) is 25.3. The van der Waals surface area contributed by atoms with Gasteiger partial charge in [0.1, 0.15) is 23.8 Å². The average molecular weight is 484 g/mol. The number of nitrogens with one attached hydrogen (secondary N) is 2. The minimum Gasteiger partial charge on any atom is -0.487 e. The summed E-state index contributed by atoms with van der Waals surface area (Å²) >= 11 is 0. The molecule has 2 aromatic carbocycles. The SMILES string of the molecule is O=C(Nc1ccc2c(c1)[C@H]1C[C@@H](CC(=O)N3CCCCC3)O[C@@H](CO)[C@H]1O2)Nc1ccccc1F. The molecular formula is C26H30FN3O5. The van der Waals surface area contributed by atoms with E-state index in [9.17, 15) is 19.1 Å². The summed E-state index contributed by atoms with van der Waals surface area (Å²) < 4.78 is 26.0. The largest absolute Gasteiger partial charge is 0.487 e. The summed E-state index contributed by atoms with van der Waals surface area (Å²) in [5.74, 6) is 0.163. The van der Waals surface area contributed by atoms with Crippen molar-refractivity contribution in [2.45, 2.75) is 56.3 Å². The second-order valence-electron chi connectivity index (χ2n) is 9.36. The Morgan fingerprint density at radius 1 is 1.09 bits per heavy atom. The van der Waals surface area contributed by atoms with Crippen LogP contribution in [0, 0.1) is 5.82 Å². The number of anilines is 2. The Balaban J connectivity index is 1.28. The Bertz CT molecular complexity index is 1090. The van der Waals surface area contributed by atoms with Gasteiger partial charge in [-0.05, 0) is 56.0 Å². The lowest BCUT2D eigenvalue weighted by Crippen LogP contribution is -2.48. The molecule has 3 aliphatic rings. The van der Waals surface area contributed by atoms with Crippen LogP contribution in [0.3, 0.4) is 0 Å². The van der Waals surface area contributed by atoms with Crippen molar-refractivity contribution in [1.82, 2.24) is 4.90 Å². The van der Waals surface area contributed by atoms with Crippen LogP contribution in [0.15, 0.2) is 42.5 Å². The Morgan fingerprint density at radius 2 is 1.89 bits per heavy atom. The Labute approximate surface area is 203 Å². The maximum absolute atomic E-state index is 13.9. The van der Waals surface area contributed by atoms with Crippen molar-refractivity contribution in [2.24, 2.45) is 0 Å². The fraction of sp³-hybridized carbons (Fsp3) is 0.462. The first kappa shape index (κ1) is 23.6. The summed E-state index contributed by atoms with van der Waals surface area (Å²) in [6.45, 7) is 1.37. The van der Waals surface area contributed by atoms with Crippen molar-refractivity contribution in [3.63, 3.8) is 0 Å². The zero-order chi connectivity index (χ0) is 24.4. The molecule has 3 amide bonds. The van der Waals surface area contributed by atoms with Crippen LogP contribution in [0.5, 0.6) is 5.75 Å². The van der Waals surface area contributed by atoms with Crippen LogP contribution < -0.4 is 15.4 Å². The van der Waals surface area contributed by atoms with Gasteiger partial charge in [-0.3, -0.25) is 4.79 Å². The second-order valence-corrected chi connectivity index (χ2v) is 9.36. The molecule has 9 heteroatoms. The summed E-state index contributed by atoms with van der Waals surface area (Å²) in [6.07, 6.45) is 2.85. The summed E-state index contributed by atoms with van der Waals surface area (Å²) in [5, 5.41) is 15.2. The summed E-state index contributed by atoms with van der Waals surface area (Å²) in [7, 11) is 0. The summed E-state index contributed by atoms with van der Waals surface area (Å²) in [6, 6.07) is 10.7. The predicted molar refractivity (Wildman–Crippen MR) is 128 cm³/mol. The lowest BCUT2D eigenvalue weighted by molar-refractivity contribution is -0.149. The monoisotopic (exact) mass is 483 g/mol. The first-order valence-electron chi connectivity index (χ1n) is 12.2. The van der Waals surface area contributed by atoms with E-state index in [4.69, 9.17) is 9.47 Å². The molecule has 0 spiro atoms. The van der Waals surface area contributed by atoms with Gasteiger partial charge in [-0.2, -0.15) is 0 Å². The number of rotatable bonds is 5. The molecule has 0 unspecified atom stereocenters. The lowest BCUT2D eigenvalue weighted by Gasteiger charge is -2.38. The van der Waals surface area contributed by atoms with Crippen LogP contribution in [-0.4, -0.2) is 60.0 Å². The molecule has 3 heterocycles. The molecule has 2 saturated heterocycles. The molecule has 0 radical (unpaired) electrons. The Hall–Kier alpha value is -3.17. The summed E-state index contributed by atoms with van der Waals surface area (Å²) in [5.41, 5.74) is 1.52. The van der Waals surface area contributed by atoms with Gasteiger partial charge in [-0.15, -0.1) is 0 Å². The highest BCUT2D eigenvalue weighted by Gasteiger charge is 2.46. The topological polar surface area (TPSA) is 100 Å². The number of piperidine rings is 1. The van der Waals surface area contributed by atoms with E-state index in [1.54, 1.807) is 24.3 Å². The van der Waals surface area contributed by atoms with Crippen molar-refractivity contribution in [1.29, 1.82) is 0 Å². The number of aliphatic hydroxyl groups is 1. The van der Waals surface area contributed by atoms with Gasteiger partial charge in [0.15, 0.2) is 0 Å². The number of likely N-dealkylation sites (tertiary alicyclic amines) is 1. The quantitative estimate of drug-likeness (QED) is 0.600. The maximum atomic E-state index is 13.9. The van der Waals surface area contributed by atoms with Gasteiger partial charge in [-0.25, -0.2) is 9.18 Å². The van der Waals surface area contributed by atoms with E-state index in [0.717, 1.165) is 37.9 Å². The molecule has 2 fully saturated rings. The number of carbonyl (C=O) groups is 2. The number of hydrogen-bond acceptors (Lipinski definition) is 5. The van der Waals surface area contributed by atoms with Crippen LogP contribution >= 0.6 is 0 Å². The van der Waals surface area contributed by atoms with E-state index in [2.05, 4.69) is 10.6 Å². The van der Waals surface area contributed by atoms with Crippen LogP contribution in [0.25, 0.3) is 0 Å². The van der Waals surface area contributed by atoms with Crippen LogP contribution in [0.2, 0.25) is 0 Å². The number of benzene rings is 2. The third-order valence-corrected chi connectivity index (χ3v) is 6.99. The molecule has 4 atom stereocenters. The second kappa shape index (κ2) is 10.2. The number of fused-ring (bicyclic) bond motifs is 3. The van der Waals surface area contributed by atoms with E-state index in [-0.39, 0.29) is 42.7 Å². The molecule has 0 bridgehead atoms. The van der Waals surface area contributed by atoms with Crippen molar-refractivity contribution < 1.29 is 28.6 Å². The third-order valence-electron chi connectivity index (χ3n) is 6.99. The number of hydrogen-bond donors (Lipinski definition) is 3. The molecule has 5 rings (SSSR count). The highest BCUT2D eigenvalue weighted by molar-refractivity contribution is 5.99. The zero-order valence-corrected chi connectivity index (χ0v) is 19.4. The number of aliphatic hydroxyl groups excluding tert-OH is 1. The van der Waals surface area contributed by atoms with E-state index >= 15 is 0 Å². The molecule has 3 N–H and O–H groups in total. The van der Waals surface area contributed by atoms with Crippen LogP contribution in [0.1, 0.15) is 43.6 Å². The minimum atomic E-state index is -0.560. The molecule has 35 heavy (non-hydrogen) atoms. The molecule has 3 aliphatic heterocycles. The van der Waals surface area contributed by atoms with Gasteiger partial charge < -0.3 is 30.1 Å². The van der Waals surface area contributed by atoms with E-state index in [1.165, 1.54) is 12.1 Å². The fourth-order valence-corrected chi connectivity index (χ4v) is 5.28. The van der Waals surface area contributed by atoms with Crippen molar-refractivity contribution in [2.75, 3.05) is 30.3 Å². The highest BCUT2D eigenvalue weighted by atomic mass is 19.1. The van der Waals surface area contributed by atoms with Gasteiger partial charge in [0.25, 0.3) is 0 Å². The minimum absolute atomic E-state index is 0.0774. The fourth-order valence-electron chi connectivity index (χ4n) is 5.28. The van der Waals surface area contributed by atoms with Crippen molar-refractivity contribution in [3.8, 4) is 5.75 Å². The number of amides is 3. The van der Waals surface area contributed by atoms with Crippen molar-refractivity contribution in [3.05, 3.63) is 53.8 Å². The Morgan fingerprint density at radius 3 is 2.66 bits per heavy atom. The van der Waals surface area contributed by atoms with E-state index in [0.29, 0.717) is 17.9 Å². The molecule has 8 nitrogen and oxygen atoms in total. The number of ether oxygens (including phenoxy) is 2. The van der Waals surface area contributed by atoms with Gasteiger partial charge in [-0.1, -0.05) is 12.1 Å². The van der Waals surface area contributed by atoms with Gasteiger partial charge in [0.2, 0.25) is 5.91 Å². The molecule has 186 valence electrons. The smallest absolute Gasteiger partial charge is 0.323 e. The first-order valence-corrected chi connectivity index (χ1v) is 12.2. The summed E-state index contributed by atoms with van der Waals surface area (Å²) in [4.78, 5) is 27.1. The standard InChI is InChI=1S/C26H30FN3O5/c27-20-6-2-3-7-21(20)29-26(33)28-16-8-9-22-18(12-16)19-13-17(34-23(15-31)25(19)35-22)14-24(32)30-10-4-1-5-11-30/h2-3,6-9,12,17,19,23,25,31H,1,4-5,10-11,13-15H2,(H2,28,29,33)/t17-,19+,23-,25-/m0/s1. The predicted octanol–water partition coefficient (Wildman–Crippen LogP) is 3.87. The number of carbonyl (C=O) groups excluding carboxylic acids is 2. The molecule has 0 saturated carbocycles. The lowest BCUT2D eigenvalue weighted by atomic mass is 9.84. The molecule has 0 aromatic heterocycles. The highest BCUT2D eigenvalue weighted by Crippen LogP contribution is 2.47. The van der Waals surface area contributed by atoms with Gasteiger partial charge >= 0.3 is 6.03 Å². The Kier molecular flexibility index (Phi) is 6.88. The number of halogens is 1.